The van der Waals surface area contributed by atoms with Crippen molar-refractivity contribution in [3.05, 3.63) is 36.0 Å². The molecule has 0 atom stereocenters. The van der Waals surface area contributed by atoms with Gasteiger partial charge in [0, 0.05) is 11.3 Å². The number of aldehydes is 1. The van der Waals surface area contributed by atoms with Gasteiger partial charge in [-0.2, -0.15) is 0 Å². The van der Waals surface area contributed by atoms with Gasteiger partial charge in [0.05, 0.1) is 0 Å². The monoisotopic (exact) mass is 164 g/mol. The molecule has 0 amide bonds. The van der Waals surface area contributed by atoms with Gasteiger partial charge in [0.2, 0.25) is 0 Å². The van der Waals surface area contributed by atoms with E-state index in [4.69, 9.17) is 12.2 Å². The van der Waals surface area contributed by atoms with E-state index in [1.54, 1.807) is 6.08 Å². The summed E-state index contributed by atoms with van der Waals surface area (Å²) in [6.07, 6.45) is 10.6. The smallest absolute Gasteiger partial charge is 0.142 e. The van der Waals surface area contributed by atoms with Gasteiger partial charge in [-0.05, 0) is 17.7 Å². The lowest BCUT2D eigenvalue weighted by Crippen LogP contribution is -1.92. The summed E-state index contributed by atoms with van der Waals surface area (Å²) in [5, 5.41) is 0. The summed E-state index contributed by atoms with van der Waals surface area (Å²) in [6, 6.07) is 0. The van der Waals surface area contributed by atoms with Crippen molar-refractivity contribution in [1.29, 1.82) is 0 Å². The highest BCUT2D eigenvalue weighted by molar-refractivity contribution is 7.80. The molecule has 0 saturated carbocycles. The fourth-order valence-electron chi connectivity index (χ4n) is 0.858. The Morgan fingerprint density at radius 3 is 3.00 bits per heavy atom. The van der Waals surface area contributed by atoms with E-state index in [-0.39, 0.29) is 0 Å². The van der Waals surface area contributed by atoms with Crippen molar-refractivity contribution in [2.45, 2.75) is 6.42 Å². The maximum absolute atomic E-state index is 9.96. The van der Waals surface area contributed by atoms with Crippen LogP contribution >= 0.6 is 12.2 Å². The van der Waals surface area contributed by atoms with E-state index in [0.717, 1.165) is 23.1 Å². The molecule has 0 aliphatic heterocycles. The van der Waals surface area contributed by atoms with Crippen molar-refractivity contribution < 1.29 is 4.79 Å². The number of hydrogen-bond donors (Lipinski definition) is 0. The molecule has 1 rings (SSSR count). The molecule has 56 valence electrons. The first-order valence-corrected chi connectivity index (χ1v) is 3.76. The lowest BCUT2D eigenvalue weighted by atomic mass is 10.1. The molecule has 0 N–H and O–H groups in total. The highest BCUT2D eigenvalue weighted by Gasteiger charge is 1.96. The Hall–Kier alpha value is -1.02. The summed E-state index contributed by atoms with van der Waals surface area (Å²) in [4.78, 5) is 10.9. The summed E-state index contributed by atoms with van der Waals surface area (Å²) < 4.78 is 0. The molecule has 11 heavy (non-hydrogen) atoms. The molecule has 0 fully saturated rings. The fraction of sp³-hybridized carbons (Fsp3) is 0.111. The molecule has 0 bridgehead atoms. The van der Waals surface area contributed by atoms with Crippen LogP contribution in [0.2, 0.25) is 0 Å². The van der Waals surface area contributed by atoms with Crippen LogP contribution in [0.15, 0.2) is 36.0 Å². The van der Waals surface area contributed by atoms with Crippen LogP contribution in [-0.4, -0.2) is 11.2 Å². The second-order valence-electron chi connectivity index (χ2n) is 2.21. The molecule has 0 spiro atoms. The molecule has 0 aromatic rings. The molecule has 1 aliphatic rings. The van der Waals surface area contributed by atoms with Gasteiger partial charge in [0.25, 0.3) is 0 Å². The minimum Gasteiger partial charge on any atom is -0.299 e. The summed E-state index contributed by atoms with van der Waals surface area (Å²) in [5.41, 5.74) is 0.994. The van der Waals surface area contributed by atoms with Gasteiger partial charge < -0.3 is 0 Å². The van der Waals surface area contributed by atoms with Gasteiger partial charge in [-0.25, -0.2) is 0 Å². The Morgan fingerprint density at radius 2 is 2.36 bits per heavy atom. The highest BCUT2D eigenvalue weighted by Crippen LogP contribution is 2.08. The zero-order valence-corrected chi connectivity index (χ0v) is 6.80. The van der Waals surface area contributed by atoms with Gasteiger partial charge >= 0.3 is 0 Å². The molecule has 0 unspecified atom stereocenters. The number of thiocarbonyl (C=S) groups is 1. The van der Waals surface area contributed by atoms with Crippen molar-refractivity contribution >= 4 is 23.4 Å². The van der Waals surface area contributed by atoms with Gasteiger partial charge in [-0.3, -0.25) is 4.79 Å². The molecule has 2 heteroatoms. The van der Waals surface area contributed by atoms with Crippen LogP contribution in [-0.2, 0) is 4.79 Å². The zero-order valence-electron chi connectivity index (χ0n) is 5.99. The maximum Gasteiger partial charge on any atom is 0.142 e. The fourth-order valence-corrected chi connectivity index (χ4v) is 1.09. The molecule has 0 radical (unpaired) electrons. The average Bonchev–Trinajstić information content (AvgIpc) is 2.01. The summed E-state index contributed by atoms with van der Waals surface area (Å²) in [6.45, 7) is 0. The van der Waals surface area contributed by atoms with Gasteiger partial charge in [0.15, 0.2) is 0 Å². The van der Waals surface area contributed by atoms with Crippen molar-refractivity contribution in [3.63, 3.8) is 0 Å². The number of rotatable bonds is 2. The van der Waals surface area contributed by atoms with Gasteiger partial charge in [0.1, 0.15) is 6.29 Å². The van der Waals surface area contributed by atoms with Crippen LogP contribution in [0.25, 0.3) is 0 Å². The Kier molecular flexibility index (Phi) is 2.93. The zero-order chi connectivity index (χ0) is 8.10. The minimum absolute atomic E-state index is 0.756. The van der Waals surface area contributed by atoms with E-state index in [0.29, 0.717) is 0 Å². The first-order valence-electron chi connectivity index (χ1n) is 3.36. The Labute approximate surface area is 71.1 Å². The van der Waals surface area contributed by atoms with Crippen molar-refractivity contribution in [3.8, 4) is 0 Å². The SMILES string of the molecule is O=CC=CC1=CC(=S)CC=C1. The van der Waals surface area contributed by atoms with Gasteiger partial charge in [-0.1, -0.05) is 30.4 Å². The first kappa shape index (κ1) is 8.08. The molecule has 1 aliphatic carbocycles. The predicted molar refractivity (Wildman–Crippen MR) is 49.6 cm³/mol. The highest BCUT2D eigenvalue weighted by atomic mass is 32.1. The second-order valence-corrected chi connectivity index (χ2v) is 2.74. The molecule has 1 nitrogen and oxygen atoms in total. The number of carbonyl (C=O) groups excluding carboxylic acids is 1. The summed E-state index contributed by atoms with van der Waals surface area (Å²) in [5.74, 6) is 0. The van der Waals surface area contributed by atoms with Crippen molar-refractivity contribution in [2.75, 3.05) is 0 Å². The second kappa shape index (κ2) is 3.98. The largest absolute Gasteiger partial charge is 0.299 e. The Balaban J connectivity index is 2.71. The van der Waals surface area contributed by atoms with Crippen LogP contribution in [0, 0.1) is 0 Å². The third-order valence-corrected chi connectivity index (χ3v) is 1.61. The normalized spacial score (nSPS) is 17.1. The summed E-state index contributed by atoms with van der Waals surface area (Å²) >= 11 is 4.98. The average molecular weight is 164 g/mol. The van der Waals surface area contributed by atoms with E-state index in [1.165, 1.54) is 6.08 Å². The third kappa shape index (κ3) is 2.60. The lowest BCUT2D eigenvalue weighted by Gasteiger charge is -2.01. The molecular formula is C9H8OS. The Bertz CT molecular complexity index is 259. The molecule has 0 aromatic heterocycles. The van der Waals surface area contributed by atoms with E-state index in [9.17, 15) is 4.79 Å². The van der Waals surface area contributed by atoms with Crippen molar-refractivity contribution in [2.24, 2.45) is 0 Å². The predicted octanol–water partition coefficient (Wildman–Crippen LogP) is 2.00. The first-order chi connectivity index (χ1) is 5.33. The maximum atomic E-state index is 9.96. The molecule has 0 aromatic carbocycles. The molecular weight excluding hydrogens is 156 g/mol. The number of carbonyl (C=O) groups is 1. The number of allylic oxidation sites excluding steroid dienone is 6. The molecule has 0 saturated heterocycles. The van der Waals surface area contributed by atoms with E-state index in [1.807, 2.05) is 18.2 Å². The topological polar surface area (TPSA) is 17.1 Å². The van der Waals surface area contributed by atoms with Gasteiger partial charge in [-0.15, -0.1) is 0 Å². The van der Waals surface area contributed by atoms with Crippen LogP contribution in [0.1, 0.15) is 6.42 Å². The van der Waals surface area contributed by atoms with Crippen LogP contribution in [0.5, 0.6) is 0 Å². The third-order valence-electron chi connectivity index (χ3n) is 1.32. The van der Waals surface area contributed by atoms with E-state index < -0.39 is 0 Å². The number of hydrogen-bond acceptors (Lipinski definition) is 2. The van der Waals surface area contributed by atoms with Crippen LogP contribution in [0.4, 0.5) is 0 Å². The van der Waals surface area contributed by atoms with E-state index in [2.05, 4.69) is 0 Å². The lowest BCUT2D eigenvalue weighted by molar-refractivity contribution is -0.104. The van der Waals surface area contributed by atoms with Crippen LogP contribution in [0.3, 0.4) is 0 Å². The van der Waals surface area contributed by atoms with Crippen molar-refractivity contribution in [1.82, 2.24) is 0 Å². The molecule has 0 heterocycles. The summed E-state index contributed by atoms with van der Waals surface area (Å²) in [7, 11) is 0. The minimum atomic E-state index is 0.756. The quantitative estimate of drug-likeness (QED) is 0.353. The van der Waals surface area contributed by atoms with E-state index >= 15 is 0 Å². The van der Waals surface area contributed by atoms with Crippen LogP contribution < -0.4 is 0 Å². The standard InChI is InChI=1S/C9H8OS/c10-6-2-4-8-3-1-5-9(11)7-8/h1-4,6-7H,5H2. The Morgan fingerprint density at radius 1 is 1.55 bits per heavy atom.